The molecule has 3 aliphatic heterocycles. The van der Waals surface area contributed by atoms with Crippen molar-refractivity contribution in [3.05, 3.63) is 123 Å². The summed E-state index contributed by atoms with van der Waals surface area (Å²) in [5, 5.41) is 17.0. The van der Waals surface area contributed by atoms with E-state index in [1.54, 1.807) is 18.2 Å². The Balaban J connectivity index is 0.967. The molecule has 8 rings (SSSR count). The monoisotopic (exact) mass is 836 g/mol. The van der Waals surface area contributed by atoms with Crippen LogP contribution in [0.1, 0.15) is 49.0 Å². The van der Waals surface area contributed by atoms with E-state index in [0.29, 0.717) is 59.9 Å². The number of carbonyl (C=O) groups excluding carboxylic acids is 1. The number of nitro groups is 1. The van der Waals surface area contributed by atoms with Crippen molar-refractivity contribution in [1.29, 1.82) is 0 Å². The molecule has 3 N–H and O–H groups in total. The number of fused-ring (bicyclic) bond motifs is 1. The lowest BCUT2D eigenvalue weighted by atomic mass is 9.87. The highest BCUT2D eigenvalue weighted by molar-refractivity contribution is 7.98. The van der Waals surface area contributed by atoms with Crippen LogP contribution in [-0.2, 0) is 9.47 Å². The summed E-state index contributed by atoms with van der Waals surface area (Å²) in [6, 6.07) is 26.5. The summed E-state index contributed by atoms with van der Waals surface area (Å²) in [7, 11) is 0. The molecule has 3 aliphatic rings. The van der Waals surface area contributed by atoms with Crippen LogP contribution in [0.15, 0.2) is 102 Å². The molecule has 0 bridgehead atoms. The van der Waals surface area contributed by atoms with Crippen LogP contribution in [0.4, 0.5) is 17.1 Å². The molecule has 1 aromatic heterocycles. The van der Waals surface area contributed by atoms with Gasteiger partial charge >= 0.3 is 0 Å². The first-order valence-corrected chi connectivity index (χ1v) is 21.3. The molecule has 5 aromatic rings. The predicted molar refractivity (Wildman–Crippen MR) is 235 cm³/mol. The largest absolute Gasteiger partial charge is 0.456 e. The molecule has 0 aliphatic carbocycles. The van der Waals surface area contributed by atoms with Gasteiger partial charge in [-0.1, -0.05) is 23.7 Å². The second-order valence-corrected chi connectivity index (χ2v) is 17.3. The number of aromatic nitrogens is 1. The maximum Gasteiger partial charge on any atom is 0.293 e. The number of anilines is 2. The predicted octanol–water partition coefficient (Wildman–Crippen LogP) is 9.57. The first kappa shape index (κ1) is 40.7. The molecule has 0 atom stereocenters. The smallest absolute Gasteiger partial charge is 0.293 e. The zero-order valence-corrected chi connectivity index (χ0v) is 34.9. The third-order valence-corrected chi connectivity index (χ3v) is 12.4. The second-order valence-electron chi connectivity index (χ2n) is 16.0. The molecule has 308 valence electrons. The summed E-state index contributed by atoms with van der Waals surface area (Å²) in [6.45, 7) is 11.1. The number of nitrogens with zero attached hydrogens (tertiary/aromatic N) is 3. The highest BCUT2D eigenvalue weighted by atomic mass is 35.5. The van der Waals surface area contributed by atoms with Crippen molar-refractivity contribution in [2.24, 2.45) is 5.92 Å². The van der Waals surface area contributed by atoms with Crippen molar-refractivity contribution < 1.29 is 23.9 Å². The lowest BCUT2D eigenvalue weighted by Crippen LogP contribution is -2.47. The van der Waals surface area contributed by atoms with Crippen molar-refractivity contribution in [3.63, 3.8) is 0 Å². The summed E-state index contributed by atoms with van der Waals surface area (Å²) >= 11 is 7.26. The van der Waals surface area contributed by atoms with Gasteiger partial charge in [-0.2, -0.15) is 0 Å². The minimum absolute atomic E-state index is 0.0420. The van der Waals surface area contributed by atoms with E-state index in [1.165, 1.54) is 22.8 Å². The van der Waals surface area contributed by atoms with E-state index < -0.39 is 4.92 Å². The van der Waals surface area contributed by atoms with Gasteiger partial charge in [-0.3, -0.25) is 24.5 Å². The van der Waals surface area contributed by atoms with Gasteiger partial charge in [0.2, 0.25) is 0 Å². The van der Waals surface area contributed by atoms with Crippen LogP contribution < -0.4 is 19.7 Å². The number of hydrogen-bond acceptors (Lipinski definition) is 10. The van der Waals surface area contributed by atoms with Gasteiger partial charge in [-0.25, -0.2) is 0 Å². The number of aromatic amines is 1. The van der Waals surface area contributed by atoms with E-state index in [9.17, 15) is 14.9 Å². The molecule has 0 saturated carbocycles. The molecule has 14 heteroatoms. The summed E-state index contributed by atoms with van der Waals surface area (Å²) in [4.78, 5) is 34.0. The lowest BCUT2D eigenvalue weighted by Gasteiger charge is -2.39. The Bertz CT molecular complexity index is 2340. The zero-order valence-electron chi connectivity index (χ0n) is 33.3. The van der Waals surface area contributed by atoms with Crippen LogP contribution >= 0.6 is 23.5 Å². The maximum absolute atomic E-state index is 13.9. The Morgan fingerprint density at radius 2 is 1.80 bits per heavy atom. The molecular formula is C45H49ClN6O6S. The van der Waals surface area contributed by atoms with Crippen LogP contribution in [0.25, 0.3) is 16.5 Å². The fourth-order valence-corrected chi connectivity index (χ4v) is 8.70. The standard InChI is InChI=1S/C45H49ClN6O6S/c1-45(2)26-39(31-3-5-34(46)6-4-31)33(29-57-45)28-50-17-19-51(20-18-50)35-7-10-38(43(24-35)58-36-8-11-40-32(23-36)13-16-47-40)44(53)49-59-37-9-12-41(42(25-37)52(54)55)48-27-30-14-21-56-22-15-30/h3-13,16,23-25,30,47-48H,14-15,17-22,26-29H2,1-2H3,(H,49,53). The Labute approximate surface area is 353 Å². The first-order valence-electron chi connectivity index (χ1n) is 20.1. The number of rotatable bonds is 13. The first-order chi connectivity index (χ1) is 28.6. The molecule has 4 aromatic carbocycles. The molecule has 0 radical (unpaired) electrons. The van der Waals surface area contributed by atoms with Gasteiger partial charge in [0.25, 0.3) is 11.6 Å². The van der Waals surface area contributed by atoms with Gasteiger partial charge in [0.05, 0.1) is 22.7 Å². The summed E-state index contributed by atoms with van der Waals surface area (Å²) in [5.74, 6) is 1.03. The second kappa shape index (κ2) is 18.1. The van der Waals surface area contributed by atoms with E-state index in [0.717, 1.165) is 85.5 Å². The minimum atomic E-state index is -0.398. The number of ether oxygens (including phenoxy) is 3. The van der Waals surface area contributed by atoms with Crippen molar-refractivity contribution >= 4 is 63.0 Å². The third-order valence-electron chi connectivity index (χ3n) is 11.3. The van der Waals surface area contributed by atoms with Gasteiger partial charge in [-0.15, -0.1) is 0 Å². The highest BCUT2D eigenvalue weighted by Gasteiger charge is 2.30. The van der Waals surface area contributed by atoms with Crippen LogP contribution in [0, 0.1) is 16.0 Å². The minimum Gasteiger partial charge on any atom is -0.456 e. The van der Waals surface area contributed by atoms with Gasteiger partial charge in [-0.05, 0) is 122 Å². The average molecular weight is 837 g/mol. The van der Waals surface area contributed by atoms with E-state index >= 15 is 0 Å². The number of amides is 1. The van der Waals surface area contributed by atoms with Crippen LogP contribution in [0.2, 0.25) is 5.02 Å². The quantitative estimate of drug-likeness (QED) is 0.0598. The van der Waals surface area contributed by atoms with Crippen molar-refractivity contribution in [2.75, 3.05) is 69.3 Å². The fourth-order valence-electron chi connectivity index (χ4n) is 7.95. The van der Waals surface area contributed by atoms with Crippen molar-refractivity contribution in [1.82, 2.24) is 14.6 Å². The summed E-state index contributed by atoms with van der Waals surface area (Å²) < 4.78 is 21.1. The Hall–Kier alpha value is -5.05. The van der Waals surface area contributed by atoms with E-state index in [-0.39, 0.29) is 17.2 Å². The highest BCUT2D eigenvalue weighted by Crippen LogP contribution is 2.37. The Morgan fingerprint density at radius 3 is 2.58 bits per heavy atom. The van der Waals surface area contributed by atoms with Gasteiger partial charge < -0.3 is 29.4 Å². The van der Waals surface area contributed by atoms with Gasteiger partial charge in [0.1, 0.15) is 17.2 Å². The van der Waals surface area contributed by atoms with E-state index in [1.807, 2.05) is 54.7 Å². The van der Waals surface area contributed by atoms with Crippen LogP contribution in [-0.4, -0.2) is 85.4 Å². The molecule has 12 nitrogen and oxygen atoms in total. The molecule has 0 unspecified atom stereocenters. The normalized spacial score (nSPS) is 17.6. The molecule has 1 amide bonds. The number of nitrogens with one attached hydrogen (secondary N) is 3. The Kier molecular flexibility index (Phi) is 12.5. The molecule has 2 fully saturated rings. The van der Waals surface area contributed by atoms with Crippen molar-refractivity contribution in [3.8, 4) is 11.5 Å². The van der Waals surface area contributed by atoms with Gasteiger partial charge in [0.15, 0.2) is 0 Å². The van der Waals surface area contributed by atoms with Gasteiger partial charge in [0, 0.05) is 104 Å². The maximum atomic E-state index is 13.9. The number of nitro benzene ring substituents is 1. The number of piperazine rings is 1. The number of H-pyrrole nitrogens is 1. The number of hydrogen-bond donors (Lipinski definition) is 3. The van der Waals surface area contributed by atoms with Crippen LogP contribution in [0.5, 0.6) is 11.5 Å². The SMILES string of the molecule is CC1(C)CC(c2ccc(Cl)cc2)=C(CN2CCN(c3ccc(C(=O)NSc4ccc(NCC5CCOCC5)c([N+](=O)[O-])c4)c(Oc4ccc5[nH]ccc5c4)c3)CC2)CO1. The Morgan fingerprint density at radius 1 is 1.00 bits per heavy atom. The molecular weight excluding hydrogens is 788 g/mol. The van der Waals surface area contributed by atoms with Crippen molar-refractivity contribution in [2.45, 2.75) is 43.6 Å². The number of carbonyl (C=O) groups is 1. The molecule has 2 saturated heterocycles. The van der Waals surface area contributed by atoms with E-state index in [2.05, 4.69) is 50.8 Å². The molecule has 0 spiro atoms. The number of halogens is 1. The summed E-state index contributed by atoms with van der Waals surface area (Å²) in [6.07, 6.45) is 4.56. The molecule has 59 heavy (non-hydrogen) atoms. The lowest BCUT2D eigenvalue weighted by molar-refractivity contribution is -0.384. The van der Waals surface area contributed by atoms with Crippen LogP contribution in [0.3, 0.4) is 0 Å². The number of benzene rings is 4. The van der Waals surface area contributed by atoms with E-state index in [4.69, 9.17) is 25.8 Å². The summed E-state index contributed by atoms with van der Waals surface area (Å²) in [5.41, 5.74) is 6.29. The fraction of sp³-hybridized carbons (Fsp3) is 0.356. The average Bonchev–Trinajstić information content (AvgIpc) is 3.72. The topological polar surface area (TPSA) is 134 Å². The third kappa shape index (κ3) is 10.0. The molecule has 4 heterocycles. The zero-order chi connectivity index (χ0) is 40.9.